The highest BCUT2D eigenvalue weighted by Gasteiger charge is 2.80. The maximum Gasteiger partial charge on any atom is 0.356 e. The van der Waals surface area contributed by atoms with Gasteiger partial charge < -0.3 is 19.8 Å². The van der Waals surface area contributed by atoms with Crippen LogP contribution < -0.4 is 10.2 Å². The number of halogens is 6. The van der Waals surface area contributed by atoms with Gasteiger partial charge in [0.2, 0.25) is 5.67 Å². The van der Waals surface area contributed by atoms with Crippen molar-refractivity contribution >= 4 is 11.9 Å². The van der Waals surface area contributed by atoms with Gasteiger partial charge >= 0.3 is 11.8 Å². The maximum absolute atomic E-state index is 13.5. The predicted octanol–water partition coefficient (Wildman–Crippen LogP) is -1.26. The summed E-state index contributed by atoms with van der Waals surface area (Å²) >= 11 is 0. The maximum atomic E-state index is 13.5. The Morgan fingerprint density at radius 2 is 1.28 bits per heavy atom. The molecular weight excluding hydrogens is 274 g/mol. The number of alkyl halides is 6. The number of carboxylic acid groups (broad SMARTS) is 2. The standard InChI is InChI=1S/C8H4F6O4/c9-5(3(15)16)1-2-6(10,11)8(13,14)7(5,12)4(17)18/h1-2H,(H,15,16)(H,17,18)/p-2. The van der Waals surface area contributed by atoms with Crippen molar-refractivity contribution < 1.29 is 46.1 Å². The minimum absolute atomic E-state index is 0.838. The molecule has 10 heteroatoms. The van der Waals surface area contributed by atoms with E-state index in [1.54, 1.807) is 0 Å². The number of carbonyl (C=O) groups excluding carboxylic acids is 2. The van der Waals surface area contributed by atoms with Crippen molar-refractivity contribution in [2.45, 2.75) is 23.2 Å². The minimum atomic E-state index is -6.18. The lowest BCUT2D eigenvalue weighted by atomic mass is 9.74. The third-order valence-electron chi connectivity index (χ3n) is 2.45. The lowest BCUT2D eigenvalue weighted by molar-refractivity contribution is -0.371. The highest BCUT2D eigenvalue weighted by Crippen LogP contribution is 2.54. The molecule has 18 heavy (non-hydrogen) atoms. The van der Waals surface area contributed by atoms with Crippen molar-refractivity contribution in [3.8, 4) is 0 Å². The molecule has 102 valence electrons. The van der Waals surface area contributed by atoms with Gasteiger partial charge in [0.15, 0.2) is 0 Å². The van der Waals surface area contributed by atoms with E-state index in [9.17, 15) is 46.1 Å². The van der Waals surface area contributed by atoms with Crippen LogP contribution in [0.2, 0.25) is 0 Å². The second-order valence-electron chi connectivity index (χ2n) is 3.48. The Kier molecular flexibility index (Phi) is 2.70. The SMILES string of the molecule is O=C([O-])C1(F)C=CC(F)(F)C(F)(F)C1(F)C(=O)[O-]. The molecule has 0 aromatic carbocycles. The van der Waals surface area contributed by atoms with Crippen molar-refractivity contribution in [3.05, 3.63) is 12.2 Å². The van der Waals surface area contributed by atoms with Crippen molar-refractivity contribution in [3.63, 3.8) is 0 Å². The first-order valence-corrected chi connectivity index (χ1v) is 4.11. The number of aliphatic carboxylic acids is 2. The van der Waals surface area contributed by atoms with Gasteiger partial charge in [0, 0.05) is 0 Å². The zero-order chi connectivity index (χ0) is 14.6. The van der Waals surface area contributed by atoms with Crippen LogP contribution in [0, 0.1) is 0 Å². The van der Waals surface area contributed by atoms with Gasteiger partial charge in [-0.2, -0.15) is 17.6 Å². The van der Waals surface area contributed by atoms with E-state index >= 15 is 0 Å². The normalized spacial score (nSPS) is 37.2. The van der Waals surface area contributed by atoms with E-state index in [-0.39, 0.29) is 0 Å². The first-order chi connectivity index (χ1) is 7.84. The van der Waals surface area contributed by atoms with Gasteiger partial charge in [-0.15, -0.1) is 0 Å². The fourth-order valence-corrected chi connectivity index (χ4v) is 1.38. The van der Waals surface area contributed by atoms with Gasteiger partial charge in [0.1, 0.15) is 0 Å². The van der Waals surface area contributed by atoms with E-state index in [4.69, 9.17) is 0 Å². The third-order valence-corrected chi connectivity index (χ3v) is 2.45. The second-order valence-corrected chi connectivity index (χ2v) is 3.48. The summed E-state index contributed by atoms with van der Waals surface area (Å²) in [5.74, 6) is -18.5. The fraction of sp³-hybridized carbons (Fsp3) is 0.500. The Bertz CT molecular complexity index is 447. The minimum Gasteiger partial charge on any atom is -0.546 e. The average Bonchev–Trinajstić information content (AvgIpc) is 2.21. The van der Waals surface area contributed by atoms with Gasteiger partial charge in [0.25, 0.3) is 5.67 Å². The Hall–Kier alpha value is -1.74. The Morgan fingerprint density at radius 1 is 0.833 bits per heavy atom. The van der Waals surface area contributed by atoms with Crippen LogP contribution in [0.1, 0.15) is 0 Å². The van der Waals surface area contributed by atoms with E-state index in [2.05, 4.69) is 0 Å². The number of hydrogen-bond donors (Lipinski definition) is 0. The molecule has 0 saturated heterocycles. The summed E-state index contributed by atoms with van der Waals surface area (Å²) in [6.45, 7) is 0. The molecule has 2 unspecified atom stereocenters. The fourth-order valence-electron chi connectivity index (χ4n) is 1.38. The molecule has 0 bridgehead atoms. The van der Waals surface area contributed by atoms with E-state index in [0.717, 1.165) is 0 Å². The highest BCUT2D eigenvalue weighted by atomic mass is 19.3. The molecule has 1 aliphatic carbocycles. The third kappa shape index (κ3) is 1.28. The summed E-state index contributed by atoms with van der Waals surface area (Å²) in [5, 5.41) is 20.5. The molecule has 0 N–H and O–H groups in total. The first-order valence-electron chi connectivity index (χ1n) is 4.11. The topological polar surface area (TPSA) is 80.3 Å². The van der Waals surface area contributed by atoms with Gasteiger partial charge in [-0.05, 0) is 12.2 Å². The van der Waals surface area contributed by atoms with Gasteiger partial charge in [-0.25, -0.2) is 8.78 Å². The van der Waals surface area contributed by atoms with Gasteiger partial charge in [-0.3, -0.25) is 0 Å². The number of allylic oxidation sites excluding steroid dienone is 1. The molecule has 0 aromatic heterocycles. The average molecular weight is 276 g/mol. The first kappa shape index (κ1) is 14.3. The number of hydrogen-bond acceptors (Lipinski definition) is 4. The summed E-state index contributed by atoms with van der Waals surface area (Å²) in [4.78, 5) is 20.5. The van der Waals surface area contributed by atoms with Crippen LogP contribution in [0.4, 0.5) is 26.3 Å². The molecular formula is C8H2F6O4-2. The summed E-state index contributed by atoms with van der Waals surface area (Å²) in [7, 11) is 0. The smallest absolute Gasteiger partial charge is 0.356 e. The van der Waals surface area contributed by atoms with E-state index in [1.165, 1.54) is 0 Å². The lowest BCUT2D eigenvalue weighted by Crippen LogP contribution is -2.77. The van der Waals surface area contributed by atoms with Crippen LogP contribution in [0.5, 0.6) is 0 Å². The molecule has 2 atom stereocenters. The molecule has 0 heterocycles. The van der Waals surface area contributed by atoms with Crippen LogP contribution in [0.15, 0.2) is 12.2 Å². The molecule has 0 saturated carbocycles. The molecule has 0 fully saturated rings. The van der Waals surface area contributed by atoms with Crippen molar-refractivity contribution in [2.24, 2.45) is 0 Å². The molecule has 0 spiro atoms. The Balaban J connectivity index is 3.70. The highest BCUT2D eigenvalue weighted by molar-refractivity contribution is 5.93. The van der Waals surface area contributed by atoms with Crippen LogP contribution in [-0.4, -0.2) is 35.1 Å². The zero-order valence-electron chi connectivity index (χ0n) is 8.06. The van der Waals surface area contributed by atoms with E-state index in [0.29, 0.717) is 0 Å². The number of carboxylic acids is 2. The van der Waals surface area contributed by atoms with Crippen molar-refractivity contribution in [1.29, 1.82) is 0 Å². The van der Waals surface area contributed by atoms with Gasteiger partial charge in [-0.1, -0.05) is 0 Å². The largest absolute Gasteiger partial charge is 0.546 e. The summed E-state index contributed by atoms with van der Waals surface area (Å²) in [6.07, 6.45) is -1.78. The number of rotatable bonds is 2. The molecule has 0 radical (unpaired) electrons. The monoisotopic (exact) mass is 276 g/mol. The molecule has 1 rings (SSSR count). The number of carbonyl (C=O) groups is 2. The predicted molar refractivity (Wildman–Crippen MR) is 36.7 cm³/mol. The van der Waals surface area contributed by atoms with E-state index in [1.807, 2.05) is 0 Å². The summed E-state index contributed by atoms with van der Waals surface area (Å²) in [6, 6.07) is 0. The van der Waals surface area contributed by atoms with Crippen LogP contribution in [-0.2, 0) is 9.59 Å². The molecule has 0 aromatic rings. The zero-order valence-corrected chi connectivity index (χ0v) is 8.06. The van der Waals surface area contributed by atoms with Crippen molar-refractivity contribution in [1.82, 2.24) is 0 Å². The van der Waals surface area contributed by atoms with Crippen molar-refractivity contribution in [2.75, 3.05) is 0 Å². The van der Waals surface area contributed by atoms with Gasteiger partial charge in [0.05, 0.1) is 11.9 Å². The van der Waals surface area contributed by atoms with Crippen LogP contribution in [0.25, 0.3) is 0 Å². The van der Waals surface area contributed by atoms with Crippen LogP contribution in [0.3, 0.4) is 0 Å². The van der Waals surface area contributed by atoms with Crippen LogP contribution >= 0.6 is 0 Å². The summed E-state index contributed by atoms with van der Waals surface area (Å²) in [5.41, 5.74) is -10.8. The lowest BCUT2D eigenvalue weighted by Gasteiger charge is -2.47. The molecule has 1 aliphatic rings. The molecule has 0 amide bonds. The summed E-state index contributed by atoms with van der Waals surface area (Å²) < 4.78 is 78.4. The second kappa shape index (κ2) is 3.39. The molecule has 0 aliphatic heterocycles. The Morgan fingerprint density at radius 3 is 1.61 bits per heavy atom. The Labute approximate surface area is 94.5 Å². The van der Waals surface area contributed by atoms with E-state index < -0.39 is 47.3 Å². The molecule has 4 nitrogen and oxygen atoms in total. The quantitative estimate of drug-likeness (QED) is 0.466.